The summed E-state index contributed by atoms with van der Waals surface area (Å²) in [6.07, 6.45) is 4.10. The van der Waals surface area contributed by atoms with Crippen LogP contribution >= 0.6 is 0 Å². The lowest BCUT2D eigenvalue weighted by Gasteiger charge is -2.23. The Morgan fingerprint density at radius 2 is 2.22 bits per heavy atom. The molecule has 1 aliphatic rings. The molecule has 0 saturated heterocycles. The van der Waals surface area contributed by atoms with Gasteiger partial charge in [-0.25, -0.2) is 0 Å². The summed E-state index contributed by atoms with van der Waals surface area (Å²) >= 11 is 0. The van der Waals surface area contributed by atoms with Crippen molar-refractivity contribution >= 4 is 5.97 Å². The maximum absolute atomic E-state index is 11.1. The van der Waals surface area contributed by atoms with E-state index in [1.165, 1.54) is 12.8 Å². The molecule has 1 atom stereocenters. The van der Waals surface area contributed by atoms with E-state index in [0.29, 0.717) is 12.5 Å². The molecule has 18 heavy (non-hydrogen) atoms. The Labute approximate surface area is 109 Å². The second-order valence-electron chi connectivity index (χ2n) is 4.89. The molecule has 0 aromatic heterocycles. The van der Waals surface area contributed by atoms with Crippen molar-refractivity contribution in [1.82, 2.24) is 10.2 Å². The maximum atomic E-state index is 11.1. The lowest BCUT2D eigenvalue weighted by molar-refractivity contribution is -0.139. The molecule has 5 heteroatoms. The molecule has 1 fully saturated rings. The van der Waals surface area contributed by atoms with E-state index in [2.05, 4.69) is 10.2 Å². The van der Waals surface area contributed by atoms with E-state index in [9.17, 15) is 4.79 Å². The van der Waals surface area contributed by atoms with Crippen LogP contribution in [0.1, 0.15) is 32.6 Å². The lowest BCUT2D eigenvalue weighted by atomic mass is 10.2. The number of aliphatic carboxylic acids is 1. The number of rotatable bonds is 11. The summed E-state index contributed by atoms with van der Waals surface area (Å²) in [6, 6.07) is 0.231. The van der Waals surface area contributed by atoms with Gasteiger partial charge in [0.1, 0.15) is 6.04 Å². The molecule has 2 N–H and O–H groups in total. The first-order valence-electron chi connectivity index (χ1n) is 6.88. The molecule has 0 spiro atoms. The van der Waals surface area contributed by atoms with Crippen LogP contribution in [0.2, 0.25) is 0 Å². The number of hydrogen-bond acceptors (Lipinski definition) is 4. The van der Waals surface area contributed by atoms with Gasteiger partial charge in [-0.3, -0.25) is 9.69 Å². The third-order valence-electron chi connectivity index (χ3n) is 3.29. The average molecular weight is 258 g/mol. The molecule has 1 unspecified atom stereocenters. The van der Waals surface area contributed by atoms with Gasteiger partial charge in [-0.05, 0) is 32.2 Å². The highest BCUT2D eigenvalue weighted by Gasteiger charge is 2.29. The van der Waals surface area contributed by atoms with Crippen LogP contribution in [-0.4, -0.2) is 61.4 Å². The summed E-state index contributed by atoms with van der Waals surface area (Å²) in [4.78, 5) is 13.5. The number of carboxylic acids is 1. The summed E-state index contributed by atoms with van der Waals surface area (Å²) < 4.78 is 5.10. The Morgan fingerprint density at radius 3 is 2.72 bits per heavy atom. The van der Waals surface area contributed by atoms with Crippen LogP contribution in [0.3, 0.4) is 0 Å². The van der Waals surface area contributed by atoms with Gasteiger partial charge in [0, 0.05) is 26.2 Å². The lowest BCUT2D eigenvalue weighted by Crippen LogP contribution is -2.41. The van der Waals surface area contributed by atoms with E-state index >= 15 is 0 Å². The Morgan fingerprint density at radius 1 is 1.50 bits per heavy atom. The Balaban J connectivity index is 2.30. The van der Waals surface area contributed by atoms with Gasteiger partial charge in [-0.2, -0.15) is 0 Å². The average Bonchev–Trinajstić information content (AvgIpc) is 3.16. The molecular formula is C13H26N2O3. The zero-order valence-electron chi connectivity index (χ0n) is 11.5. The molecule has 5 nitrogen and oxygen atoms in total. The van der Waals surface area contributed by atoms with Gasteiger partial charge < -0.3 is 15.2 Å². The molecular weight excluding hydrogens is 232 g/mol. The van der Waals surface area contributed by atoms with Crippen molar-refractivity contribution in [1.29, 1.82) is 0 Å². The first-order chi connectivity index (χ1) is 8.69. The topological polar surface area (TPSA) is 61.8 Å². The van der Waals surface area contributed by atoms with E-state index in [4.69, 9.17) is 9.84 Å². The normalized spacial score (nSPS) is 17.1. The van der Waals surface area contributed by atoms with Gasteiger partial charge >= 0.3 is 5.97 Å². The van der Waals surface area contributed by atoms with Crippen LogP contribution in [0.25, 0.3) is 0 Å². The minimum Gasteiger partial charge on any atom is -0.480 e. The minimum absolute atomic E-state index is 0.422. The first kappa shape index (κ1) is 15.4. The molecule has 1 saturated carbocycles. The number of carboxylic acid groups (broad SMARTS) is 1. The van der Waals surface area contributed by atoms with Crippen molar-refractivity contribution in [2.45, 2.75) is 44.7 Å². The largest absolute Gasteiger partial charge is 0.480 e. The van der Waals surface area contributed by atoms with Gasteiger partial charge in [-0.15, -0.1) is 0 Å². The molecule has 0 aromatic rings. The number of methoxy groups -OCH3 is 1. The summed E-state index contributed by atoms with van der Waals surface area (Å²) in [6.45, 7) is 5.26. The van der Waals surface area contributed by atoms with Gasteiger partial charge in [0.25, 0.3) is 0 Å². The van der Waals surface area contributed by atoms with Crippen molar-refractivity contribution in [2.24, 2.45) is 0 Å². The molecule has 0 bridgehead atoms. The molecule has 0 radical (unpaired) electrons. The van der Waals surface area contributed by atoms with Gasteiger partial charge in [0.2, 0.25) is 0 Å². The number of carbonyl (C=O) groups is 1. The van der Waals surface area contributed by atoms with Crippen LogP contribution in [0.4, 0.5) is 0 Å². The molecule has 0 amide bonds. The van der Waals surface area contributed by atoms with E-state index in [1.54, 1.807) is 7.11 Å². The van der Waals surface area contributed by atoms with Gasteiger partial charge in [0.05, 0.1) is 6.61 Å². The van der Waals surface area contributed by atoms with Crippen LogP contribution in [0, 0.1) is 0 Å². The fourth-order valence-corrected chi connectivity index (χ4v) is 2.05. The Hall–Kier alpha value is -0.650. The quantitative estimate of drug-likeness (QED) is 0.577. The minimum atomic E-state index is -0.745. The third-order valence-corrected chi connectivity index (χ3v) is 3.29. The van der Waals surface area contributed by atoms with Crippen molar-refractivity contribution in [2.75, 3.05) is 33.4 Å². The maximum Gasteiger partial charge on any atom is 0.320 e. The van der Waals surface area contributed by atoms with Crippen molar-refractivity contribution in [3.05, 3.63) is 0 Å². The predicted octanol–water partition coefficient (Wildman–Crippen LogP) is 0.940. The Bertz CT molecular complexity index is 244. The SMILES string of the molecule is CCCNC(CCN(CCOC)C1CC1)C(=O)O. The third kappa shape index (κ3) is 5.80. The highest BCUT2D eigenvalue weighted by atomic mass is 16.5. The summed E-state index contributed by atoms with van der Waals surface area (Å²) in [5.41, 5.74) is 0. The van der Waals surface area contributed by atoms with E-state index in [0.717, 1.165) is 32.7 Å². The molecule has 0 aromatic carbocycles. The standard InChI is InChI=1S/C13H26N2O3/c1-3-7-14-12(13(16)17)6-8-15(9-10-18-2)11-4-5-11/h11-12,14H,3-10H2,1-2H3,(H,16,17). The smallest absolute Gasteiger partial charge is 0.320 e. The zero-order chi connectivity index (χ0) is 13.4. The highest BCUT2D eigenvalue weighted by Crippen LogP contribution is 2.26. The van der Waals surface area contributed by atoms with E-state index < -0.39 is 12.0 Å². The van der Waals surface area contributed by atoms with Crippen LogP contribution in [0.5, 0.6) is 0 Å². The van der Waals surface area contributed by atoms with Crippen LogP contribution < -0.4 is 5.32 Å². The molecule has 1 aliphatic carbocycles. The fraction of sp³-hybridized carbons (Fsp3) is 0.923. The number of nitrogens with zero attached hydrogens (tertiary/aromatic N) is 1. The number of ether oxygens (including phenoxy) is 1. The van der Waals surface area contributed by atoms with Gasteiger partial charge in [0.15, 0.2) is 0 Å². The summed E-state index contributed by atoms with van der Waals surface area (Å²) in [5, 5.41) is 12.2. The second-order valence-corrected chi connectivity index (χ2v) is 4.89. The molecule has 106 valence electrons. The molecule has 0 heterocycles. The first-order valence-corrected chi connectivity index (χ1v) is 6.88. The highest BCUT2D eigenvalue weighted by molar-refractivity contribution is 5.73. The number of hydrogen-bond donors (Lipinski definition) is 2. The van der Waals surface area contributed by atoms with Crippen LogP contribution in [0.15, 0.2) is 0 Å². The van der Waals surface area contributed by atoms with E-state index in [-0.39, 0.29) is 0 Å². The zero-order valence-corrected chi connectivity index (χ0v) is 11.5. The monoisotopic (exact) mass is 258 g/mol. The van der Waals surface area contributed by atoms with Gasteiger partial charge in [-0.1, -0.05) is 6.92 Å². The van der Waals surface area contributed by atoms with Crippen LogP contribution in [-0.2, 0) is 9.53 Å². The molecule has 0 aliphatic heterocycles. The number of nitrogens with one attached hydrogen (secondary N) is 1. The summed E-state index contributed by atoms with van der Waals surface area (Å²) in [5.74, 6) is -0.745. The predicted molar refractivity (Wildman–Crippen MR) is 70.8 cm³/mol. The Kier molecular flexibility index (Phi) is 7.23. The summed E-state index contributed by atoms with van der Waals surface area (Å²) in [7, 11) is 1.70. The van der Waals surface area contributed by atoms with E-state index in [1.807, 2.05) is 6.92 Å². The van der Waals surface area contributed by atoms with Crippen molar-refractivity contribution < 1.29 is 14.6 Å². The fourth-order valence-electron chi connectivity index (χ4n) is 2.05. The molecule has 1 rings (SSSR count). The van der Waals surface area contributed by atoms with Crippen molar-refractivity contribution in [3.63, 3.8) is 0 Å². The van der Waals surface area contributed by atoms with Crippen molar-refractivity contribution in [3.8, 4) is 0 Å². The second kappa shape index (κ2) is 8.45.